The number of aliphatic hydroxyl groups is 1. The molecule has 4 fully saturated rings. The molecule has 4 aliphatic rings. The highest BCUT2D eigenvalue weighted by Gasteiger charge is 2.47. The monoisotopic (exact) mass is 970 g/mol. The molecule has 0 radical (unpaired) electrons. The van der Waals surface area contributed by atoms with Crippen LogP contribution in [0.3, 0.4) is 0 Å². The highest BCUT2D eigenvalue weighted by atomic mass is 32.2. The first kappa shape index (κ1) is 47.3. The molecule has 4 amide bonds. The van der Waals surface area contributed by atoms with Crippen LogP contribution in [0.15, 0.2) is 53.6 Å². The molecule has 23 heteroatoms. The number of likely N-dealkylation sites (N-methyl/N-ethyl adjacent to an activating group) is 1. The number of aromatic nitrogens is 4. The van der Waals surface area contributed by atoms with Crippen LogP contribution in [0.5, 0.6) is 11.5 Å². The molecule has 0 aliphatic carbocycles. The standard InChI is InChI=1S/C46H52F2N12O8S/c1-5-55(3)69(66,67)53-36-9-7-33(47)41(32(36)25-49)68-29-6-8-35-30(20-29)43(63)60(27-50-35)28-23-45(54(2)26-28)11-16-58(17-12-45)40(62)24-46(65)13-18-57(19-14-46)38-22-37-31(21-34(38)48)42(52-56(37)4)59-15-10-39(61)51-44(59)64/h6-9,20-22,27-28,53,65H,5,10-19,23-24,26H2,1-4H3,(H,51,61,64)/t28-/m1/s1. The van der Waals surface area contributed by atoms with Crippen LogP contribution in [0.25, 0.3) is 21.8 Å². The number of piperidine rings is 2. The number of hydrogen-bond donors (Lipinski definition) is 3. The first-order chi connectivity index (χ1) is 32.8. The molecule has 0 unspecified atom stereocenters. The van der Waals surface area contributed by atoms with Gasteiger partial charge in [0, 0.05) is 77.3 Å². The van der Waals surface area contributed by atoms with Gasteiger partial charge in [0.05, 0.1) is 52.2 Å². The number of carbonyl (C=O) groups excluding carboxylic acids is 3. The molecule has 0 saturated carbocycles. The summed E-state index contributed by atoms with van der Waals surface area (Å²) in [5.74, 6) is -2.21. The van der Waals surface area contributed by atoms with Crippen LogP contribution in [-0.4, -0.2) is 136 Å². The number of carbonyl (C=O) groups is 3. The maximum atomic E-state index is 15.8. The van der Waals surface area contributed by atoms with Crippen LogP contribution >= 0.6 is 0 Å². The average molecular weight is 971 g/mol. The fourth-order valence-electron chi connectivity index (χ4n) is 10.1. The largest absolute Gasteiger partial charge is 0.453 e. The third kappa shape index (κ3) is 8.81. The van der Waals surface area contributed by atoms with Gasteiger partial charge in [0.2, 0.25) is 11.8 Å². The molecule has 9 rings (SSSR count). The molecule has 3 aromatic carbocycles. The topological polar surface area (TPSA) is 232 Å². The maximum Gasteiger partial charge on any atom is 0.329 e. The van der Waals surface area contributed by atoms with Crippen LogP contribution < -0.4 is 30.1 Å². The van der Waals surface area contributed by atoms with E-state index in [2.05, 4.69) is 25.0 Å². The minimum Gasteiger partial charge on any atom is -0.453 e. The number of hydrogen-bond acceptors (Lipinski definition) is 13. The normalized spacial score (nSPS) is 19.7. The molecule has 1 atom stereocenters. The predicted molar refractivity (Wildman–Crippen MR) is 250 cm³/mol. The summed E-state index contributed by atoms with van der Waals surface area (Å²) < 4.78 is 68.7. The molecule has 6 heterocycles. The Balaban J connectivity index is 0.826. The second-order valence-corrected chi connectivity index (χ2v) is 20.2. The lowest BCUT2D eigenvalue weighted by atomic mass is 9.83. The number of halogens is 2. The quantitative estimate of drug-likeness (QED) is 0.171. The molecule has 4 aliphatic heterocycles. The van der Waals surface area contributed by atoms with E-state index in [4.69, 9.17) is 4.74 Å². The SMILES string of the molecule is CCN(C)S(=O)(=O)Nc1ccc(F)c(Oc2ccc3ncn([C@H]4CN(C)C5(CCN(C(=O)CC6(O)CCN(c7cc8c(cc7F)c(N7CCC(=O)NC7=O)nn8C)CC6)CC5)C4)c(=O)c3c2)c1C#N. The van der Waals surface area contributed by atoms with E-state index >= 15 is 8.78 Å². The van der Waals surface area contributed by atoms with Gasteiger partial charge in [0.1, 0.15) is 23.2 Å². The second-order valence-electron chi connectivity index (χ2n) is 18.4. The highest BCUT2D eigenvalue weighted by Crippen LogP contribution is 2.43. The lowest BCUT2D eigenvalue weighted by Crippen LogP contribution is -2.53. The van der Waals surface area contributed by atoms with Gasteiger partial charge in [-0.3, -0.25) is 43.5 Å². The Bertz CT molecular complexity index is 3120. The molecular weight excluding hydrogens is 919 g/mol. The number of imide groups is 1. The number of anilines is 3. The number of fused-ring (bicyclic) bond motifs is 2. The first-order valence-corrected chi connectivity index (χ1v) is 24.2. The van der Waals surface area contributed by atoms with E-state index in [0.29, 0.717) is 74.1 Å². The molecule has 1 spiro atoms. The number of nitrogens with one attached hydrogen (secondary N) is 2. The Morgan fingerprint density at radius 3 is 2.45 bits per heavy atom. The average Bonchev–Trinajstić information content (AvgIpc) is 3.80. The van der Waals surface area contributed by atoms with Gasteiger partial charge >= 0.3 is 16.2 Å². The van der Waals surface area contributed by atoms with Crippen molar-refractivity contribution in [2.75, 3.05) is 74.4 Å². The van der Waals surface area contributed by atoms with Gasteiger partial charge in [-0.1, -0.05) is 6.92 Å². The summed E-state index contributed by atoms with van der Waals surface area (Å²) in [6.07, 6.45) is 3.91. The molecule has 2 aromatic heterocycles. The molecule has 69 heavy (non-hydrogen) atoms. The Labute approximate surface area is 395 Å². The number of aryl methyl sites for hydroxylation is 1. The number of rotatable bonds is 11. The van der Waals surface area contributed by atoms with Gasteiger partial charge < -0.3 is 19.6 Å². The summed E-state index contributed by atoms with van der Waals surface area (Å²) in [5, 5.41) is 29.0. The van der Waals surface area contributed by atoms with Crippen LogP contribution in [0, 0.1) is 23.0 Å². The van der Waals surface area contributed by atoms with Gasteiger partial charge in [-0.05, 0) is 81.6 Å². The van der Waals surface area contributed by atoms with Crippen molar-refractivity contribution < 1.29 is 41.4 Å². The number of nitrogens with zero attached hydrogens (tertiary/aromatic N) is 10. The van der Waals surface area contributed by atoms with E-state index in [1.807, 2.05) is 18.0 Å². The van der Waals surface area contributed by atoms with Crippen molar-refractivity contribution in [1.29, 1.82) is 5.26 Å². The first-order valence-electron chi connectivity index (χ1n) is 22.7. The van der Waals surface area contributed by atoms with Crippen LogP contribution in [0.4, 0.5) is 30.8 Å². The van der Waals surface area contributed by atoms with Gasteiger partial charge in [-0.15, -0.1) is 0 Å². The van der Waals surface area contributed by atoms with Crippen molar-refractivity contribution in [3.05, 3.63) is 76.3 Å². The lowest BCUT2D eigenvalue weighted by molar-refractivity contribution is -0.139. The van der Waals surface area contributed by atoms with Crippen molar-refractivity contribution in [3.63, 3.8) is 0 Å². The molecule has 364 valence electrons. The predicted octanol–water partition coefficient (Wildman–Crippen LogP) is 3.94. The zero-order valence-electron chi connectivity index (χ0n) is 38.5. The number of urea groups is 1. The minimum atomic E-state index is -4.05. The number of benzene rings is 3. The number of amides is 4. The third-order valence-corrected chi connectivity index (χ3v) is 15.9. The van der Waals surface area contributed by atoms with Crippen LogP contribution in [0.2, 0.25) is 0 Å². The Morgan fingerprint density at radius 1 is 1.01 bits per heavy atom. The van der Waals surface area contributed by atoms with Crippen molar-refractivity contribution in [1.82, 2.24) is 38.8 Å². The van der Waals surface area contributed by atoms with Gasteiger partial charge in [-0.2, -0.15) is 23.1 Å². The molecule has 0 bridgehead atoms. The second kappa shape index (κ2) is 18.0. The summed E-state index contributed by atoms with van der Waals surface area (Å²) in [4.78, 5) is 63.8. The van der Waals surface area contributed by atoms with E-state index in [-0.39, 0.29) is 95.9 Å². The molecule has 20 nitrogen and oxygen atoms in total. The summed E-state index contributed by atoms with van der Waals surface area (Å²) in [7, 11) is 0.997. The smallest absolute Gasteiger partial charge is 0.329 e. The zero-order valence-corrected chi connectivity index (χ0v) is 39.4. The van der Waals surface area contributed by atoms with E-state index in [9.17, 15) is 38.0 Å². The van der Waals surface area contributed by atoms with Gasteiger partial charge in [-0.25, -0.2) is 18.6 Å². The Hall–Kier alpha value is -6.74. The van der Waals surface area contributed by atoms with Crippen molar-refractivity contribution in [2.45, 2.75) is 69.1 Å². The molecular formula is C46H52F2N12O8S. The van der Waals surface area contributed by atoms with E-state index < -0.39 is 39.2 Å². The van der Waals surface area contributed by atoms with Crippen molar-refractivity contribution >= 4 is 67.1 Å². The summed E-state index contributed by atoms with van der Waals surface area (Å²) in [6, 6.07) is 10.5. The molecule has 4 saturated heterocycles. The highest BCUT2D eigenvalue weighted by molar-refractivity contribution is 7.90. The van der Waals surface area contributed by atoms with Gasteiger partial charge in [0.15, 0.2) is 17.4 Å². The summed E-state index contributed by atoms with van der Waals surface area (Å²) >= 11 is 0. The number of ether oxygens (including phenoxy) is 1. The van der Waals surface area contributed by atoms with Gasteiger partial charge in [0.25, 0.3) is 5.56 Å². The fourth-order valence-corrected chi connectivity index (χ4v) is 11.0. The Morgan fingerprint density at radius 2 is 1.75 bits per heavy atom. The molecule has 5 aromatic rings. The number of likely N-dealkylation sites (tertiary alicyclic amines) is 2. The minimum absolute atomic E-state index is 0.0335. The van der Waals surface area contributed by atoms with E-state index in [1.165, 1.54) is 36.5 Å². The van der Waals surface area contributed by atoms with Crippen LogP contribution in [0.1, 0.15) is 63.5 Å². The Kier molecular flexibility index (Phi) is 12.3. The lowest BCUT2D eigenvalue weighted by Gasteiger charge is -2.45. The third-order valence-electron chi connectivity index (χ3n) is 14.4. The molecule has 3 N–H and O–H groups in total. The van der Waals surface area contributed by atoms with E-state index in [1.54, 1.807) is 40.3 Å². The summed E-state index contributed by atoms with van der Waals surface area (Å²) in [6.45, 7) is 3.96. The fraction of sp³-hybridized carbons (Fsp3) is 0.457. The number of nitriles is 1. The maximum absolute atomic E-state index is 15.8. The van der Waals surface area contributed by atoms with E-state index in [0.717, 1.165) is 16.4 Å². The van der Waals surface area contributed by atoms with Crippen molar-refractivity contribution in [2.24, 2.45) is 7.05 Å². The van der Waals surface area contributed by atoms with Crippen molar-refractivity contribution in [3.8, 4) is 17.6 Å². The zero-order chi connectivity index (χ0) is 49.2. The van der Waals surface area contributed by atoms with Crippen LogP contribution in [-0.2, 0) is 26.8 Å². The summed E-state index contributed by atoms with van der Waals surface area (Å²) in [5.41, 5.74) is -1.23.